The number of carbonyl (C=O) groups is 3. The summed E-state index contributed by atoms with van der Waals surface area (Å²) >= 11 is 12.1. The van der Waals surface area contributed by atoms with Gasteiger partial charge in [-0.2, -0.15) is 0 Å². The molecule has 0 spiro atoms. The number of carboxylic acids is 1. The number of carboxylic acid groups (broad SMARTS) is 1. The lowest BCUT2D eigenvalue weighted by Gasteiger charge is -2.13. The largest absolute Gasteiger partial charge is 0.479 e. The summed E-state index contributed by atoms with van der Waals surface area (Å²) < 4.78 is 5.03. The van der Waals surface area contributed by atoms with Crippen molar-refractivity contribution >= 4 is 52.7 Å². The van der Waals surface area contributed by atoms with E-state index in [0.29, 0.717) is 11.3 Å². The number of carbonyl (C=O) groups excluding carboxylic acids is 2. The number of amides is 2. The van der Waals surface area contributed by atoms with E-state index in [-0.39, 0.29) is 21.4 Å². The minimum absolute atomic E-state index is 0.0102. The summed E-state index contributed by atoms with van der Waals surface area (Å²) in [5.41, 5.74) is 3.30. The lowest BCUT2D eigenvalue weighted by molar-refractivity contribution is -0.139. The van der Waals surface area contributed by atoms with Crippen molar-refractivity contribution in [3.05, 3.63) is 63.6 Å². The van der Waals surface area contributed by atoms with Crippen LogP contribution in [0.4, 0.5) is 5.69 Å². The molecule has 1 aliphatic rings. The Morgan fingerprint density at radius 1 is 1.15 bits per heavy atom. The first kappa shape index (κ1) is 18.8. The number of hydrazine groups is 1. The molecule has 0 aromatic heterocycles. The van der Waals surface area contributed by atoms with Crippen molar-refractivity contribution in [3.63, 3.8) is 0 Å². The fourth-order valence-electron chi connectivity index (χ4n) is 2.42. The molecule has 2 aromatic rings. The van der Waals surface area contributed by atoms with Crippen LogP contribution in [0.15, 0.2) is 48.0 Å². The lowest BCUT2D eigenvalue weighted by atomic mass is 10.1. The van der Waals surface area contributed by atoms with Gasteiger partial charge >= 0.3 is 5.97 Å². The van der Waals surface area contributed by atoms with Gasteiger partial charge in [0.2, 0.25) is 0 Å². The van der Waals surface area contributed by atoms with Gasteiger partial charge in [-0.1, -0.05) is 41.4 Å². The van der Waals surface area contributed by atoms with E-state index in [1.807, 2.05) is 0 Å². The molecule has 1 fully saturated rings. The van der Waals surface area contributed by atoms with Gasteiger partial charge in [-0.25, -0.2) is 9.80 Å². The Bertz CT molecular complexity index is 936. The zero-order valence-electron chi connectivity index (χ0n) is 13.6. The average molecular weight is 407 g/mol. The van der Waals surface area contributed by atoms with Crippen LogP contribution in [0.3, 0.4) is 0 Å². The number of benzene rings is 2. The highest BCUT2D eigenvalue weighted by Gasteiger charge is 2.34. The SMILES string of the molecule is O=C(O)COc1c(Cl)cc(/C=C2/C(=O)NN(c3ccccc3)C2=O)cc1Cl. The molecule has 1 heterocycles. The Morgan fingerprint density at radius 2 is 1.78 bits per heavy atom. The predicted octanol–water partition coefficient (Wildman–Crippen LogP) is 2.92. The number of ether oxygens (including phenoxy) is 1. The normalized spacial score (nSPS) is 15.2. The van der Waals surface area contributed by atoms with Gasteiger partial charge in [-0.15, -0.1) is 0 Å². The van der Waals surface area contributed by atoms with Crippen LogP contribution in [0.1, 0.15) is 5.56 Å². The molecular formula is C18H12Cl2N2O5. The molecule has 0 unspecified atom stereocenters. The quantitative estimate of drug-likeness (QED) is 0.587. The van der Waals surface area contributed by atoms with Crippen LogP contribution in [0.25, 0.3) is 6.08 Å². The van der Waals surface area contributed by atoms with E-state index < -0.39 is 24.4 Å². The molecule has 2 aromatic carbocycles. The highest BCUT2D eigenvalue weighted by molar-refractivity contribution is 6.37. The number of para-hydroxylation sites is 1. The van der Waals surface area contributed by atoms with Crippen LogP contribution in [-0.2, 0) is 14.4 Å². The fraction of sp³-hybridized carbons (Fsp3) is 0.0556. The molecular weight excluding hydrogens is 395 g/mol. The molecule has 0 atom stereocenters. The molecule has 3 rings (SSSR count). The van der Waals surface area contributed by atoms with Crippen molar-refractivity contribution in [3.8, 4) is 5.75 Å². The monoisotopic (exact) mass is 406 g/mol. The van der Waals surface area contributed by atoms with E-state index in [1.165, 1.54) is 18.2 Å². The van der Waals surface area contributed by atoms with E-state index in [1.54, 1.807) is 30.3 Å². The van der Waals surface area contributed by atoms with Crippen molar-refractivity contribution in [2.24, 2.45) is 0 Å². The highest BCUT2D eigenvalue weighted by atomic mass is 35.5. The number of nitrogens with one attached hydrogen (secondary N) is 1. The van der Waals surface area contributed by atoms with Crippen LogP contribution in [-0.4, -0.2) is 29.5 Å². The summed E-state index contributed by atoms with van der Waals surface area (Å²) in [6.07, 6.45) is 1.35. The van der Waals surface area contributed by atoms with Gasteiger partial charge in [0, 0.05) is 0 Å². The second-order valence-corrected chi connectivity index (χ2v) is 6.29. The zero-order valence-corrected chi connectivity index (χ0v) is 15.1. The number of hydrogen-bond acceptors (Lipinski definition) is 4. The number of nitrogens with zero attached hydrogens (tertiary/aromatic N) is 1. The lowest BCUT2D eigenvalue weighted by Crippen LogP contribution is -2.35. The summed E-state index contributed by atoms with van der Waals surface area (Å²) in [5, 5.41) is 9.93. The van der Waals surface area contributed by atoms with E-state index >= 15 is 0 Å². The van der Waals surface area contributed by atoms with Gasteiger partial charge in [-0.3, -0.25) is 15.0 Å². The number of hydrogen-bond donors (Lipinski definition) is 2. The Hall–Kier alpha value is -3.03. The summed E-state index contributed by atoms with van der Waals surface area (Å²) in [7, 11) is 0. The minimum Gasteiger partial charge on any atom is -0.479 e. The van der Waals surface area contributed by atoms with E-state index in [0.717, 1.165) is 5.01 Å². The Balaban J connectivity index is 1.89. The Labute approximate surface area is 163 Å². The second kappa shape index (κ2) is 7.69. The standard InChI is InChI=1S/C18H12Cl2N2O5/c19-13-7-10(8-14(20)16(13)27-9-15(23)24)6-12-17(25)21-22(18(12)26)11-4-2-1-3-5-11/h1-8H,9H2,(H,21,25)(H,23,24)/b12-6-. The van der Waals surface area contributed by atoms with Gasteiger partial charge in [-0.05, 0) is 35.9 Å². The third-order valence-corrected chi connectivity index (χ3v) is 4.14. The molecule has 0 bridgehead atoms. The molecule has 0 radical (unpaired) electrons. The number of rotatable bonds is 5. The van der Waals surface area contributed by atoms with E-state index in [4.69, 9.17) is 33.0 Å². The van der Waals surface area contributed by atoms with Crippen molar-refractivity contribution in [2.45, 2.75) is 0 Å². The molecule has 2 N–H and O–H groups in total. The van der Waals surface area contributed by atoms with E-state index in [9.17, 15) is 14.4 Å². The van der Waals surface area contributed by atoms with Crippen LogP contribution in [0.5, 0.6) is 5.75 Å². The number of halogens is 2. The number of anilines is 1. The Kier molecular flexibility index (Phi) is 5.34. The molecule has 1 saturated heterocycles. The maximum atomic E-state index is 12.6. The van der Waals surface area contributed by atoms with Gasteiger partial charge in [0.1, 0.15) is 5.57 Å². The first-order valence-corrected chi connectivity index (χ1v) is 8.38. The number of aliphatic carboxylic acids is 1. The van der Waals surface area contributed by atoms with Crippen molar-refractivity contribution in [2.75, 3.05) is 11.6 Å². The van der Waals surface area contributed by atoms with Gasteiger partial charge in [0.15, 0.2) is 12.4 Å². The molecule has 138 valence electrons. The molecule has 1 aliphatic heterocycles. The van der Waals surface area contributed by atoms with Crippen molar-refractivity contribution < 1.29 is 24.2 Å². The zero-order chi connectivity index (χ0) is 19.6. The van der Waals surface area contributed by atoms with Crippen molar-refractivity contribution in [1.29, 1.82) is 0 Å². The summed E-state index contributed by atoms with van der Waals surface area (Å²) in [6, 6.07) is 11.5. The van der Waals surface area contributed by atoms with Gasteiger partial charge < -0.3 is 9.84 Å². The maximum Gasteiger partial charge on any atom is 0.341 e. The van der Waals surface area contributed by atoms with Gasteiger partial charge in [0.25, 0.3) is 11.8 Å². The fourth-order valence-corrected chi connectivity index (χ4v) is 3.03. The van der Waals surface area contributed by atoms with Crippen molar-refractivity contribution in [1.82, 2.24) is 5.43 Å². The van der Waals surface area contributed by atoms with Crippen LogP contribution >= 0.6 is 23.2 Å². The third kappa shape index (κ3) is 4.05. The molecule has 2 amide bonds. The average Bonchev–Trinajstić information content (AvgIpc) is 2.90. The van der Waals surface area contributed by atoms with E-state index in [2.05, 4.69) is 5.43 Å². The molecule has 27 heavy (non-hydrogen) atoms. The second-order valence-electron chi connectivity index (χ2n) is 5.47. The molecule has 7 nitrogen and oxygen atoms in total. The van der Waals surface area contributed by atoms with Crippen LogP contribution in [0.2, 0.25) is 10.0 Å². The van der Waals surface area contributed by atoms with Gasteiger partial charge in [0.05, 0.1) is 15.7 Å². The van der Waals surface area contributed by atoms with Crippen LogP contribution in [0, 0.1) is 0 Å². The molecule has 9 heteroatoms. The molecule has 0 aliphatic carbocycles. The first-order chi connectivity index (χ1) is 12.9. The maximum absolute atomic E-state index is 12.6. The summed E-state index contributed by atoms with van der Waals surface area (Å²) in [6.45, 7) is -0.604. The Morgan fingerprint density at radius 3 is 2.37 bits per heavy atom. The van der Waals surface area contributed by atoms with Crippen LogP contribution < -0.4 is 15.2 Å². The first-order valence-electron chi connectivity index (χ1n) is 7.62. The topological polar surface area (TPSA) is 95.9 Å². The summed E-state index contributed by atoms with van der Waals surface area (Å²) in [5.74, 6) is -2.26. The predicted molar refractivity (Wildman–Crippen MR) is 99.6 cm³/mol. The molecule has 0 saturated carbocycles. The summed E-state index contributed by atoms with van der Waals surface area (Å²) in [4.78, 5) is 35.3. The third-order valence-electron chi connectivity index (χ3n) is 3.58. The smallest absolute Gasteiger partial charge is 0.341 e. The minimum atomic E-state index is -1.18. The highest BCUT2D eigenvalue weighted by Crippen LogP contribution is 2.35.